The highest BCUT2D eigenvalue weighted by atomic mass is 16.4. The molecule has 0 radical (unpaired) electrons. The fraction of sp³-hybridized carbons (Fsp3) is 0.600. The van der Waals surface area contributed by atoms with E-state index >= 15 is 0 Å². The third-order valence-corrected chi connectivity index (χ3v) is 2.03. The number of carboxylic acid groups (broad SMARTS) is 1. The molecule has 5 heteroatoms. The molecule has 15 heavy (non-hydrogen) atoms. The number of carbonyl (C=O) groups excluding carboxylic acids is 1. The van der Waals surface area contributed by atoms with Crippen molar-refractivity contribution in [3.8, 4) is 0 Å². The molecule has 0 aliphatic rings. The summed E-state index contributed by atoms with van der Waals surface area (Å²) in [6.07, 6.45) is 1.70. The average molecular weight is 214 g/mol. The Morgan fingerprint density at radius 3 is 2.60 bits per heavy atom. The molecule has 1 unspecified atom stereocenters. The van der Waals surface area contributed by atoms with E-state index in [0.29, 0.717) is 13.1 Å². The number of amides is 1. The van der Waals surface area contributed by atoms with Gasteiger partial charge in [0.2, 0.25) is 5.91 Å². The topological polar surface area (TPSA) is 83.6 Å². The quantitative estimate of drug-likeness (QED) is 0.593. The number of carboxylic acids is 1. The second kappa shape index (κ2) is 7.00. The smallest absolute Gasteiger partial charge is 0.303 e. The maximum atomic E-state index is 11.6. The minimum Gasteiger partial charge on any atom is -0.481 e. The monoisotopic (exact) mass is 214 g/mol. The minimum atomic E-state index is -0.940. The van der Waals surface area contributed by atoms with Crippen LogP contribution >= 0.6 is 0 Å². The molecule has 5 nitrogen and oxygen atoms in total. The molecule has 0 aromatic rings. The standard InChI is InChI=1S/C10H18N2O3/c1-3-7-12(4-2)10(15)8(11)5-6-9(13)14/h3,8H,1,4-7,11H2,2H3,(H,13,14). The van der Waals surface area contributed by atoms with E-state index in [-0.39, 0.29) is 18.7 Å². The number of rotatable bonds is 7. The molecule has 0 fully saturated rings. The molecule has 0 aromatic heterocycles. The number of nitrogens with two attached hydrogens (primary N) is 1. The maximum absolute atomic E-state index is 11.6. The predicted octanol–water partition coefficient (Wildman–Crippen LogP) is 0.213. The Bertz CT molecular complexity index is 241. The largest absolute Gasteiger partial charge is 0.481 e. The molecule has 0 rings (SSSR count). The van der Waals surface area contributed by atoms with Gasteiger partial charge in [-0.1, -0.05) is 6.08 Å². The third kappa shape index (κ3) is 5.17. The number of hydrogen-bond acceptors (Lipinski definition) is 3. The summed E-state index contributed by atoms with van der Waals surface area (Å²) < 4.78 is 0. The fourth-order valence-corrected chi connectivity index (χ4v) is 1.17. The van der Waals surface area contributed by atoms with Gasteiger partial charge in [0.05, 0.1) is 6.04 Å². The first kappa shape index (κ1) is 13.6. The lowest BCUT2D eigenvalue weighted by molar-refractivity contribution is -0.137. The van der Waals surface area contributed by atoms with Crippen molar-refractivity contribution in [1.29, 1.82) is 0 Å². The highest BCUT2D eigenvalue weighted by Gasteiger charge is 2.19. The van der Waals surface area contributed by atoms with E-state index in [0.717, 1.165) is 0 Å². The number of carbonyl (C=O) groups is 2. The number of hydrogen-bond donors (Lipinski definition) is 2. The first-order valence-corrected chi connectivity index (χ1v) is 4.90. The van der Waals surface area contributed by atoms with Crippen LogP contribution in [-0.2, 0) is 9.59 Å². The van der Waals surface area contributed by atoms with Gasteiger partial charge in [-0.25, -0.2) is 0 Å². The third-order valence-electron chi connectivity index (χ3n) is 2.03. The molecule has 1 atom stereocenters. The van der Waals surface area contributed by atoms with Crippen molar-refractivity contribution < 1.29 is 14.7 Å². The predicted molar refractivity (Wildman–Crippen MR) is 57.3 cm³/mol. The summed E-state index contributed by atoms with van der Waals surface area (Å²) >= 11 is 0. The zero-order chi connectivity index (χ0) is 11.8. The van der Waals surface area contributed by atoms with Gasteiger partial charge in [-0.2, -0.15) is 0 Å². The Labute approximate surface area is 89.6 Å². The normalized spacial score (nSPS) is 11.9. The Hall–Kier alpha value is -1.36. The van der Waals surface area contributed by atoms with E-state index in [1.807, 2.05) is 6.92 Å². The molecule has 0 aliphatic heterocycles. The molecular weight excluding hydrogens is 196 g/mol. The van der Waals surface area contributed by atoms with Gasteiger partial charge in [0, 0.05) is 19.5 Å². The second-order valence-corrected chi connectivity index (χ2v) is 3.20. The molecule has 3 N–H and O–H groups in total. The van der Waals surface area contributed by atoms with Crippen molar-refractivity contribution in [3.05, 3.63) is 12.7 Å². The number of aliphatic carboxylic acids is 1. The van der Waals surface area contributed by atoms with Crippen LogP contribution in [0.15, 0.2) is 12.7 Å². The lowest BCUT2D eigenvalue weighted by Crippen LogP contribution is -2.43. The highest BCUT2D eigenvalue weighted by molar-refractivity contribution is 5.82. The fourth-order valence-electron chi connectivity index (χ4n) is 1.17. The van der Waals surface area contributed by atoms with E-state index in [1.54, 1.807) is 11.0 Å². The molecule has 0 aromatic carbocycles. The van der Waals surface area contributed by atoms with Crippen molar-refractivity contribution in [3.63, 3.8) is 0 Å². The van der Waals surface area contributed by atoms with Crippen molar-refractivity contribution in [2.75, 3.05) is 13.1 Å². The minimum absolute atomic E-state index is 0.0848. The van der Waals surface area contributed by atoms with Crippen LogP contribution in [0.4, 0.5) is 0 Å². The zero-order valence-electron chi connectivity index (χ0n) is 8.98. The van der Waals surface area contributed by atoms with Gasteiger partial charge in [0.15, 0.2) is 0 Å². The average Bonchev–Trinajstić information content (AvgIpc) is 2.21. The van der Waals surface area contributed by atoms with Crippen molar-refractivity contribution in [2.24, 2.45) is 5.73 Å². The van der Waals surface area contributed by atoms with Crippen molar-refractivity contribution in [2.45, 2.75) is 25.8 Å². The van der Waals surface area contributed by atoms with Crippen LogP contribution in [0.2, 0.25) is 0 Å². The molecule has 1 amide bonds. The summed E-state index contributed by atoms with van der Waals surface area (Å²) in [7, 11) is 0. The lowest BCUT2D eigenvalue weighted by atomic mass is 10.1. The highest BCUT2D eigenvalue weighted by Crippen LogP contribution is 2.00. The molecule has 0 spiro atoms. The van der Waals surface area contributed by atoms with Crippen LogP contribution in [0.5, 0.6) is 0 Å². The van der Waals surface area contributed by atoms with Crippen LogP contribution in [0.3, 0.4) is 0 Å². The van der Waals surface area contributed by atoms with Crippen LogP contribution in [0.1, 0.15) is 19.8 Å². The van der Waals surface area contributed by atoms with Crippen LogP contribution in [0, 0.1) is 0 Å². The van der Waals surface area contributed by atoms with Gasteiger partial charge in [-0.15, -0.1) is 6.58 Å². The maximum Gasteiger partial charge on any atom is 0.303 e. The van der Waals surface area contributed by atoms with Crippen LogP contribution < -0.4 is 5.73 Å². The summed E-state index contributed by atoms with van der Waals surface area (Å²) in [5, 5.41) is 8.45. The lowest BCUT2D eigenvalue weighted by Gasteiger charge is -2.22. The van der Waals surface area contributed by atoms with E-state index in [9.17, 15) is 9.59 Å². The Balaban J connectivity index is 4.15. The zero-order valence-corrected chi connectivity index (χ0v) is 8.98. The summed E-state index contributed by atoms with van der Waals surface area (Å²) in [6.45, 7) is 6.36. The molecule has 0 saturated heterocycles. The van der Waals surface area contributed by atoms with Gasteiger partial charge >= 0.3 is 5.97 Å². The van der Waals surface area contributed by atoms with Crippen molar-refractivity contribution in [1.82, 2.24) is 4.90 Å². The van der Waals surface area contributed by atoms with Crippen LogP contribution in [0.25, 0.3) is 0 Å². The van der Waals surface area contributed by atoms with E-state index in [4.69, 9.17) is 10.8 Å². The van der Waals surface area contributed by atoms with Gasteiger partial charge in [-0.05, 0) is 13.3 Å². The summed E-state index contributed by atoms with van der Waals surface area (Å²) in [5.74, 6) is -1.16. The molecule has 0 saturated carbocycles. The summed E-state index contributed by atoms with van der Waals surface area (Å²) in [6, 6.07) is -0.735. The second-order valence-electron chi connectivity index (χ2n) is 3.20. The Morgan fingerprint density at radius 2 is 2.20 bits per heavy atom. The van der Waals surface area contributed by atoms with E-state index in [2.05, 4.69) is 6.58 Å². The van der Waals surface area contributed by atoms with Gasteiger partial charge < -0.3 is 15.7 Å². The summed E-state index contributed by atoms with van der Waals surface area (Å²) in [4.78, 5) is 23.5. The number of likely N-dealkylation sites (N-methyl/N-ethyl adjacent to an activating group) is 1. The van der Waals surface area contributed by atoms with Gasteiger partial charge in [-0.3, -0.25) is 9.59 Å². The first-order valence-electron chi connectivity index (χ1n) is 4.90. The van der Waals surface area contributed by atoms with E-state index in [1.165, 1.54) is 0 Å². The van der Waals surface area contributed by atoms with E-state index < -0.39 is 12.0 Å². The molecular formula is C10H18N2O3. The molecule has 86 valence electrons. The Morgan fingerprint density at radius 1 is 1.60 bits per heavy atom. The van der Waals surface area contributed by atoms with Gasteiger partial charge in [0.1, 0.15) is 0 Å². The van der Waals surface area contributed by atoms with Crippen molar-refractivity contribution >= 4 is 11.9 Å². The molecule has 0 heterocycles. The summed E-state index contributed by atoms with van der Waals surface area (Å²) in [5.41, 5.74) is 5.58. The molecule has 0 bridgehead atoms. The first-order chi connectivity index (χ1) is 7.02. The van der Waals surface area contributed by atoms with Gasteiger partial charge in [0.25, 0.3) is 0 Å². The molecule has 0 aliphatic carbocycles. The number of nitrogens with zero attached hydrogens (tertiary/aromatic N) is 1. The SMILES string of the molecule is C=CCN(CC)C(=O)C(N)CCC(=O)O. The Kier molecular flexibility index (Phi) is 6.37. The van der Waals surface area contributed by atoms with Crippen LogP contribution in [-0.4, -0.2) is 41.0 Å².